The molecule has 0 N–H and O–H groups in total. The van der Waals surface area contributed by atoms with Crippen LogP contribution in [-0.2, 0) is 23.8 Å². The number of carbonyl (C=O) groups is 2. The van der Waals surface area contributed by atoms with Gasteiger partial charge in [-0.3, -0.25) is 0 Å². The van der Waals surface area contributed by atoms with Crippen molar-refractivity contribution in [2.45, 2.75) is 25.9 Å². The van der Waals surface area contributed by atoms with Gasteiger partial charge in [0.1, 0.15) is 12.4 Å². The van der Waals surface area contributed by atoms with Crippen LogP contribution in [0.4, 0.5) is 0 Å². The minimum absolute atomic E-state index is 0.0963. The van der Waals surface area contributed by atoms with E-state index in [9.17, 15) is 9.59 Å². The molecule has 0 aromatic heterocycles. The van der Waals surface area contributed by atoms with E-state index >= 15 is 0 Å². The fourth-order valence-corrected chi connectivity index (χ4v) is 1.91. The highest BCUT2D eigenvalue weighted by molar-refractivity contribution is 5.82. The van der Waals surface area contributed by atoms with Crippen molar-refractivity contribution in [3.05, 3.63) is 55.1 Å². The molecule has 0 amide bonds. The third-order valence-electron chi connectivity index (χ3n) is 3.30. The number of ether oxygens (including phenoxy) is 4. The van der Waals surface area contributed by atoms with Gasteiger partial charge in [-0.15, -0.1) is 0 Å². The van der Waals surface area contributed by atoms with Crippen LogP contribution in [0.5, 0.6) is 5.75 Å². The molecular weight excluding hydrogens is 336 g/mol. The standard InChI is InChI=1S/C20H26O6/c1-4-19(21)25-15-18(26-20(22)5-2)14-23-12-6-7-13-24-17-10-8-16(3)9-11-17/h4-5,8-11,18H,1-2,6-7,12-15H2,3H3. The van der Waals surface area contributed by atoms with Gasteiger partial charge < -0.3 is 18.9 Å². The van der Waals surface area contributed by atoms with Gasteiger partial charge in [0, 0.05) is 18.8 Å². The molecule has 0 aliphatic rings. The van der Waals surface area contributed by atoms with Gasteiger partial charge in [0.05, 0.1) is 13.2 Å². The van der Waals surface area contributed by atoms with Gasteiger partial charge in [0.2, 0.25) is 0 Å². The smallest absolute Gasteiger partial charge is 0.330 e. The van der Waals surface area contributed by atoms with Crippen molar-refractivity contribution in [2.24, 2.45) is 0 Å². The molecule has 6 heteroatoms. The summed E-state index contributed by atoms with van der Waals surface area (Å²) in [6.45, 7) is 9.77. The third-order valence-corrected chi connectivity index (χ3v) is 3.30. The Morgan fingerprint density at radius 3 is 2.31 bits per heavy atom. The van der Waals surface area contributed by atoms with Crippen LogP contribution in [0.2, 0.25) is 0 Å². The Bertz CT molecular complexity index is 578. The number of unbranched alkanes of at least 4 members (excludes halogenated alkanes) is 1. The molecule has 1 atom stereocenters. The molecule has 0 aliphatic heterocycles. The summed E-state index contributed by atoms with van der Waals surface area (Å²) >= 11 is 0. The fraction of sp³-hybridized carbons (Fsp3) is 0.400. The molecule has 0 heterocycles. The van der Waals surface area contributed by atoms with Crippen LogP contribution in [0.15, 0.2) is 49.6 Å². The Labute approximate surface area is 154 Å². The summed E-state index contributed by atoms with van der Waals surface area (Å²) in [4.78, 5) is 22.4. The maximum absolute atomic E-state index is 11.3. The zero-order chi connectivity index (χ0) is 19.2. The van der Waals surface area contributed by atoms with Gasteiger partial charge in [-0.05, 0) is 31.9 Å². The Morgan fingerprint density at radius 1 is 1.00 bits per heavy atom. The maximum atomic E-state index is 11.3. The lowest BCUT2D eigenvalue weighted by Gasteiger charge is -2.17. The first-order chi connectivity index (χ1) is 12.5. The predicted octanol–water partition coefficient (Wildman–Crippen LogP) is 3.00. The number of aryl methyl sites for hydroxylation is 1. The summed E-state index contributed by atoms with van der Waals surface area (Å²) < 4.78 is 21.1. The second kappa shape index (κ2) is 12.7. The minimum Gasteiger partial charge on any atom is -0.494 e. The van der Waals surface area contributed by atoms with E-state index in [2.05, 4.69) is 13.2 Å². The van der Waals surface area contributed by atoms with Gasteiger partial charge >= 0.3 is 11.9 Å². The number of hydrogen-bond donors (Lipinski definition) is 0. The van der Waals surface area contributed by atoms with E-state index < -0.39 is 18.0 Å². The lowest BCUT2D eigenvalue weighted by atomic mass is 10.2. The van der Waals surface area contributed by atoms with Crippen molar-refractivity contribution in [1.82, 2.24) is 0 Å². The molecule has 0 saturated heterocycles. The molecule has 142 valence electrons. The number of rotatable bonds is 13. The summed E-state index contributed by atoms with van der Waals surface area (Å²) in [5.74, 6) is -0.338. The van der Waals surface area contributed by atoms with Crippen molar-refractivity contribution >= 4 is 11.9 Å². The normalized spacial score (nSPS) is 11.3. The van der Waals surface area contributed by atoms with E-state index in [1.54, 1.807) is 0 Å². The van der Waals surface area contributed by atoms with E-state index in [0.717, 1.165) is 30.7 Å². The number of benzene rings is 1. The minimum atomic E-state index is -0.687. The fourth-order valence-electron chi connectivity index (χ4n) is 1.91. The quantitative estimate of drug-likeness (QED) is 0.305. The molecule has 0 saturated carbocycles. The van der Waals surface area contributed by atoms with Crippen molar-refractivity contribution in [3.8, 4) is 5.75 Å². The van der Waals surface area contributed by atoms with Crippen LogP contribution >= 0.6 is 0 Å². The van der Waals surface area contributed by atoms with Crippen LogP contribution in [0.3, 0.4) is 0 Å². The molecule has 6 nitrogen and oxygen atoms in total. The average Bonchev–Trinajstić information content (AvgIpc) is 2.65. The molecule has 1 unspecified atom stereocenters. The van der Waals surface area contributed by atoms with Gasteiger partial charge in [-0.25, -0.2) is 9.59 Å². The molecule has 26 heavy (non-hydrogen) atoms. The lowest BCUT2D eigenvalue weighted by molar-refractivity contribution is -0.156. The van der Waals surface area contributed by atoms with Crippen molar-refractivity contribution in [2.75, 3.05) is 26.4 Å². The highest BCUT2D eigenvalue weighted by Crippen LogP contribution is 2.11. The SMILES string of the molecule is C=CC(=O)OCC(COCCCCOc1ccc(C)cc1)OC(=O)C=C. The largest absolute Gasteiger partial charge is 0.494 e. The van der Waals surface area contributed by atoms with Crippen LogP contribution in [0.1, 0.15) is 18.4 Å². The summed E-state index contributed by atoms with van der Waals surface area (Å²) in [5.41, 5.74) is 1.19. The van der Waals surface area contributed by atoms with Crippen molar-refractivity contribution < 1.29 is 28.5 Å². The van der Waals surface area contributed by atoms with Gasteiger partial charge in [-0.2, -0.15) is 0 Å². The topological polar surface area (TPSA) is 71.1 Å². The Hall–Kier alpha value is -2.60. The molecule has 0 spiro atoms. The van der Waals surface area contributed by atoms with Crippen LogP contribution in [0, 0.1) is 6.92 Å². The van der Waals surface area contributed by atoms with Crippen LogP contribution in [0.25, 0.3) is 0 Å². The molecule has 1 aromatic rings. The molecule has 1 aromatic carbocycles. The molecule has 0 radical (unpaired) electrons. The summed E-state index contributed by atoms with van der Waals surface area (Å²) in [6, 6.07) is 7.88. The Balaban J connectivity index is 2.18. The second-order valence-corrected chi connectivity index (χ2v) is 5.54. The van der Waals surface area contributed by atoms with Crippen molar-refractivity contribution in [3.63, 3.8) is 0 Å². The summed E-state index contributed by atoms with van der Waals surface area (Å²) in [6.07, 6.45) is 3.02. The predicted molar refractivity (Wildman–Crippen MR) is 98.0 cm³/mol. The first-order valence-electron chi connectivity index (χ1n) is 8.44. The Morgan fingerprint density at radius 2 is 1.65 bits per heavy atom. The summed E-state index contributed by atoms with van der Waals surface area (Å²) in [5, 5.41) is 0. The highest BCUT2D eigenvalue weighted by Gasteiger charge is 2.15. The average molecular weight is 362 g/mol. The van der Waals surface area contributed by atoms with E-state index in [1.807, 2.05) is 31.2 Å². The highest BCUT2D eigenvalue weighted by atomic mass is 16.6. The van der Waals surface area contributed by atoms with Crippen LogP contribution in [-0.4, -0.2) is 44.5 Å². The first-order valence-corrected chi connectivity index (χ1v) is 8.44. The van der Waals surface area contributed by atoms with E-state index in [4.69, 9.17) is 18.9 Å². The second-order valence-electron chi connectivity index (χ2n) is 5.54. The van der Waals surface area contributed by atoms with E-state index in [0.29, 0.717) is 13.2 Å². The monoisotopic (exact) mass is 362 g/mol. The molecule has 0 bridgehead atoms. The van der Waals surface area contributed by atoms with Crippen LogP contribution < -0.4 is 4.74 Å². The van der Waals surface area contributed by atoms with Gasteiger partial charge in [0.25, 0.3) is 0 Å². The molecule has 0 fully saturated rings. The van der Waals surface area contributed by atoms with E-state index in [1.165, 1.54) is 5.56 Å². The summed E-state index contributed by atoms with van der Waals surface area (Å²) in [7, 11) is 0. The lowest BCUT2D eigenvalue weighted by Crippen LogP contribution is -2.29. The number of carbonyl (C=O) groups excluding carboxylic acids is 2. The van der Waals surface area contributed by atoms with E-state index in [-0.39, 0.29) is 13.2 Å². The Kier molecular flexibility index (Phi) is 10.5. The molecule has 0 aliphatic carbocycles. The number of esters is 2. The zero-order valence-corrected chi connectivity index (χ0v) is 15.1. The third kappa shape index (κ3) is 9.64. The maximum Gasteiger partial charge on any atom is 0.330 e. The zero-order valence-electron chi connectivity index (χ0n) is 15.1. The molecular formula is C20H26O6. The molecule has 1 rings (SSSR count). The number of hydrogen-bond acceptors (Lipinski definition) is 6. The first kappa shape index (κ1) is 21.4. The van der Waals surface area contributed by atoms with Gasteiger partial charge in [-0.1, -0.05) is 30.9 Å². The van der Waals surface area contributed by atoms with Gasteiger partial charge in [0.15, 0.2) is 6.10 Å². The van der Waals surface area contributed by atoms with Crippen molar-refractivity contribution in [1.29, 1.82) is 0 Å².